The predicted molar refractivity (Wildman–Crippen MR) is 98.1 cm³/mol. The van der Waals surface area contributed by atoms with Gasteiger partial charge in [-0.2, -0.15) is 0 Å². The number of carbonyl (C=O) groups is 3. The van der Waals surface area contributed by atoms with Gasteiger partial charge in [0.05, 0.1) is 23.5 Å². The van der Waals surface area contributed by atoms with Gasteiger partial charge in [-0.1, -0.05) is 36.9 Å². The number of esters is 1. The zero-order valence-corrected chi connectivity index (χ0v) is 15.4. The molecule has 0 radical (unpaired) electrons. The van der Waals surface area contributed by atoms with Crippen molar-refractivity contribution in [3.63, 3.8) is 0 Å². The molecule has 1 aromatic carbocycles. The second kappa shape index (κ2) is 8.71. The Morgan fingerprint density at radius 3 is 2.80 bits per heavy atom. The molecule has 0 bridgehead atoms. The minimum Gasteiger partial charge on any atom is -0.463 e. The van der Waals surface area contributed by atoms with Crippen molar-refractivity contribution < 1.29 is 19.1 Å². The van der Waals surface area contributed by atoms with Gasteiger partial charge < -0.3 is 10.1 Å². The molecule has 1 aromatic rings. The quantitative estimate of drug-likeness (QED) is 0.621. The molecule has 2 amide bonds. The SMILES string of the molecule is CCOC(=O)/C=C1\SCC(=O)N1CC(=O)Nc1c(C)cccc1CC. The summed E-state index contributed by atoms with van der Waals surface area (Å²) in [5.41, 5.74) is 2.79. The smallest absolute Gasteiger partial charge is 0.333 e. The first-order valence-corrected chi connectivity index (χ1v) is 9.14. The monoisotopic (exact) mass is 362 g/mol. The predicted octanol–water partition coefficient (Wildman–Crippen LogP) is 2.48. The molecule has 0 aromatic heterocycles. The van der Waals surface area contributed by atoms with Crippen LogP contribution in [-0.2, 0) is 25.5 Å². The number of ether oxygens (including phenoxy) is 1. The topological polar surface area (TPSA) is 75.7 Å². The molecule has 6 nitrogen and oxygen atoms in total. The van der Waals surface area contributed by atoms with E-state index in [1.54, 1.807) is 6.92 Å². The fraction of sp³-hybridized carbons (Fsp3) is 0.389. The summed E-state index contributed by atoms with van der Waals surface area (Å²) in [4.78, 5) is 37.4. The van der Waals surface area contributed by atoms with Crippen LogP contribution in [0.5, 0.6) is 0 Å². The highest BCUT2D eigenvalue weighted by atomic mass is 32.2. The van der Waals surface area contributed by atoms with Crippen LogP contribution >= 0.6 is 11.8 Å². The number of anilines is 1. The molecule has 0 aliphatic carbocycles. The Morgan fingerprint density at radius 2 is 2.12 bits per heavy atom. The van der Waals surface area contributed by atoms with Gasteiger partial charge in [0.15, 0.2) is 0 Å². The molecule has 0 spiro atoms. The molecule has 0 saturated carbocycles. The minimum absolute atomic E-state index is 0.130. The maximum absolute atomic E-state index is 12.4. The molecular weight excluding hydrogens is 340 g/mol. The summed E-state index contributed by atoms with van der Waals surface area (Å²) >= 11 is 1.23. The molecule has 1 saturated heterocycles. The van der Waals surface area contributed by atoms with Gasteiger partial charge >= 0.3 is 5.97 Å². The number of amides is 2. The molecule has 1 aliphatic rings. The first-order valence-electron chi connectivity index (χ1n) is 8.16. The van der Waals surface area contributed by atoms with Crippen LogP contribution in [0.3, 0.4) is 0 Å². The van der Waals surface area contributed by atoms with Crippen LogP contribution in [0.1, 0.15) is 25.0 Å². The second-order valence-electron chi connectivity index (χ2n) is 5.51. The highest BCUT2D eigenvalue weighted by Gasteiger charge is 2.29. The average molecular weight is 362 g/mol. The average Bonchev–Trinajstić information content (AvgIpc) is 2.90. The van der Waals surface area contributed by atoms with Gasteiger partial charge in [-0.25, -0.2) is 4.79 Å². The third-order valence-corrected chi connectivity index (χ3v) is 4.77. The van der Waals surface area contributed by atoms with Gasteiger partial charge in [0.2, 0.25) is 11.8 Å². The minimum atomic E-state index is -0.516. The van der Waals surface area contributed by atoms with Crippen LogP contribution < -0.4 is 5.32 Å². The second-order valence-corrected chi connectivity index (χ2v) is 6.51. The van der Waals surface area contributed by atoms with Crippen LogP contribution in [0.4, 0.5) is 5.69 Å². The number of para-hydroxylation sites is 1. The highest BCUT2D eigenvalue weighted by molar-refractivity contribution is 8.04. The number of aryl methyl sites for hydroxylation is 2. The molecule has 7 heteroatoms. The fourth-order valence-electron chi connectivity index (χ4n) is 2.51. The molecule has 0 unspecified atom stereocenters. The van der Waals surface area contributed by atoms with E-state index in [0.717, 1.165) is 23.2 Å². The lowest BCUT2D eigenvalue weighted by molar-refractivity contribution is -0.137. The zero-order chi connectivity index (χ0) is 18.4. The fourth-order valence-corrected chi connectivity index (χ4v) is 3.44. The van der Waals surface area contributed by atoms with Gasteiger partial charge in [0.1, 0.15) is 6.54 Å². The molecule has 0 atom stereocenters. The van der Waals surface area contributed by atoms with Gasteiger partial charge in [-0.15, -0.1) is 0 Å². The Labute approximate surface area is 151 Å². The summed E-state index contributed by atoms with van der Waals surface area (Å²) in [5, 5.41) is 3.33. The van der Waals surface area contributed by atoms with Crippen LogP contribution in [0.25, 0.3) is 0 Å². The van der Waals surface area contributed by atoms with Gasteiger partial charge in [0, 0.05) is 5.69 Å². The number of thioether (sulfide) groups is 1. The van der Waals surface area contributed by atoms with Crippen molar-refractivity contribution in [3.05, 3.63) is 40.4 Å². The first-order chi connectivity index (χ1) is 12.0. The largest absolute Gasteiger partial charge is 0.463 e. The number of benzene rings is 1. The van der Waals surface area contributed by atoms with Crippen molar-refractivity contribution in [2.75, 3.05) is 24.2 Å². The molecule has 1 aliphatic heterocycles. The van der Waals surface area contributed by atoms with E-state index in [-0.39, 0.29) is 30.7 Å². The van der Waals surface area contributed by atoms with Crippen molar-refractivity contribution in [1.29, 1.82) is 0 Å². The molecule has 134 valence electrons. The zero-order valence-electron chi connectivity index (χ0n) is 14.6. The van der Waals surface area contributed by atoms with Gasteiger partial charge in [0.25, 0.3) is 0 Å². The molecule has 25 heavy (non-hydrogen) atoms. The lowest BCUT2D eigenvalue weighted by Gasteiger charge is -2.18. The molecule has 1 fully saturated rings. The number of hydrogen-bond donors (Lipinski definition) is 1. The van der Waals surface area contributed by atoms with Gasteiger partial charge in [-0.05, 0) is 31.4 Å². The van der Waals surface area contributed by atoms with E-state index >= 15 is 0 Å². The molecular formula is C18H22N2O4S. The van der Waals surface area contributed by atoms with Crippen molar-refractivity contribution in [1.82, 2.24) is 4.90 Å². The lowest BCUT2D eigenvalue weighted by atomic mass is 10.1. The van der Waals surface area contributed by atoms with E-state index in [0.29, 0.717) is 5.03 Å². The maximum Gasteiger partial charge on any atom is 0.333 e. The normalized spacial score (nSPS) is 15.6. The highest BCUT2D eigenvalue weighted by Crippen LogP contribution is 2.29. The number of rotatable bonds is 6. The third-order valence-electron chi connectivity index (χ3n) is 3.74. The maximum atomic E-state index is 12.4. The summed E-state index contributed by atoms with van der Waals surface area (Å²) in [6.45, 7) is 5.79. The third kappa shape index (κ3) is 4.85. The van der Waals surface area contributed by atoms with Crippen LogP contribution in [0.2, 0.25) is 0 Å². The van der Waals surface area contributed by atoms with Crippen LogP contribution in [-0.4, -0.2) is 41.6 Å². The summed E-state index contributed by atoms with van der Waals surface area (Å²) in [5.74, 6) is -0.800. The van der Waals surface area contributed by atoms with Crippen LogP contribution in [0.15, 0.2) is 29.3 Å². The Balaban J connectivity index is 2.11. The molecule has 1 heterocycles. The molecule has 1 N–H and O–H groups in total. The van der Waals surface area contributed by atoms with E-state index < -0.39 is 5.97 Å². The van der Waals surface area contributed by atoms with E-state index in [1.165, 1.54) is 22.7 Å². The summed E-state index contributed by atoms with van der Waals surface area (Å²) in [7, 11) is 0. The van der Waals surface area contributed by atoms with E-state index in [1.807, 2.05) is 32.0 Å². The van der Waals surface area contributed by atoms with Crippen molar-refractivity contribution in [2.24, 2.45) is 0 Å². The number of nitrogens with zero attached hydrogens (tertiary/aromatic N) is 1. The Kier molecular flexibility index (Phi) is 6.64. The van der Waals surface area contributed by atoms with Crippen molar-refractivity contribution in [2.45, 2.75) is 27.2 Å². The number of nitrogens with one attached hydrogen (secondary N) is 1. The number of carbonyl (C=O) groups excluding carboxylic acids is 3. The Hall–Kier alpha value is -2.28. The van der Waals surface area contributed by atoms with Crippen molar-refractivity contribution >= 4 is 35.2 Å². The first kappa shape index (κ1) is 19.1. The Bertz CT molecular complexity index is 715. The lowest BCUT2D eigenvalue weighted by Crippen LogP contribution is -2.34. The van der Waals surface area contributed by atoms with E-state index in [9.17, 15) is 14.4 Å². The van der Waals surface area contributed by atoms with E-state index in [2.05, 4.69) is 5.32 Å². The summed E-state index contributed by atoms with van der Waals surface area (Å²) in [6, 6.07) is 5.84. The summed E-state index contributed by atoms with van der Waals surface area (Å²) < 4.78 is 4.87. The Morgan fingerprint density at radius 1 is 1.36 bits per heavy atom. The number of hydrogen-bond acceptors (Lipinski definition) is 5. The standard InChI is InChI=1S/C18H22N2O4S/c1-4-13-8-6-7-12(3)18(13)19-14(21)10-20-15(22)11-25-16(20)9-17(23)24-5-2/h6-9H,4-5,10-11H2,1-3H3,(H,19,21)/b16-9-. The van der Waals surface area contributed by atoms with Gasteiger partial charge in [-0.3, -0.25) is 14.5 Å². The van der Waals surface area contributed by atoms with Crippen LogP contribution in [0, 0.1) is 6.92 Å². The van der Waals surface area contributed by atoms with E-state index in [4.69, 9.17) is 4.74 Å². The summed E-state index contributed by atoms with van der Waals surface area (Å²) in [6.07, 6.45) is 2.06. The molecule has 2 rings (SSSR count). The van der Waals surface area contributed by atoms with Crippen molar-refractivity contribution in [3.8, 4) is 0 Å².